The minimum atomic E-state index is 0.267. The van der Waals surface area contributed by atoms with Crippen LogP contribution in [0.15, 0.2) is 18.3 Å². The summed E-state index contributed by atoms with van der Waals surface area (Å²) in [6, 6.07) is 3.90. The summed E-state index contributed by atoms with van der Waals surface area (Å²) in [5.41, 5.74) is 3.66. The van der Waals surface area contributed by atoms with Gasteiger partial charge in [0.15, 0.2) is 0 Å². The number of nitrogens with zero attached hydrogens (tertiary/aromatic N) is 2. The van der Waals surface area contributed by atoms with Crippen LogP contribution in [0.4, 0.5) is 11.5 Å². The van der Waals surface area contributed by atoms with Gasteiger partial charge < -0.3 is 15.4 Å². The van der Waals surface area contributed by atoms with Crippen LogP contribution in [-0.4, -0.2) is 29.8 Å². The average molecular weight is 222 g/mol. The Hall–Kier alpha value is -1.33. The number of hydrogen-bond acceptors (Lipinski definition) is 5. The molecule has 0 saturated carbocycles. The third kappa shape index (κ3) is 2.43. The van der Waals surface area contributed by atoms with Crippen molar-refractivity contribution in [2.45, 2.75) is 12.8 Å². The topological polar surface area (TPSA) is 74.4 Å². The zero-order chi connectivity index (χ0) is 11.4. The normalized spacial score (nSPS) is 20.9. The second-order valence-electron chi connectivity index (χ2n) is 4.18. The predicted octanol–water partition coefficient (Wildman–Crippen LogP) is 0.576. The number of rotatable bonds is 3. The van der Waals surface area contributed by atoms with Gasteiger partial charge in [-0.15, -0.1) is 0 Å². The Balaban J connectivity index is 2.10. The van der Waals surface area contributed by atoms with E-state index in [1.807, 2.05) is 12.1 Å². The van der Waals surface area contributed by atoms with E-state index < -0.39 is 0 Å². The smallest absolute Gasteiger partial charge is 0.141 e. The molecule has 1 aliphatic rings. The van der Waals surface area contributed by atoms with E-state index in [9.17, 15) is 5.11 Å². The molecule has 2 heterocycles. The van der Waals surface area contributed by atoms with Gasteiger partial charge in [0.2, 0.25) is 0 Å². The Bertz CT molecular complexity index is 345. The SMILES string of the molecule is NNc1cc(N2CCCC(CO)C2)ccn1. The molecule has 4 N–H and O–H groups in total. The number of hydrazine groups is 1. The van der Waals surface area contributed by atoms with Crippen molar-refractivity contribution >= 4 is 11.5 Å². The maximum atomic E-state index is 9.19. The van der Waals surface area contributed by atoms with E-state index in [0.717, 1.165) is 31.6 Å². The summed E-state index contributed by atoms with van der Waals surface area (Å²) in [5.74, 6) is 6.39. The minimum Gasteiger partial charge on any atom is -0.396 e. The lowest BCUT2D eigenvalue weighted by molar-refractivity contribution is 0.209. The summed E-state index contributed by atoms with van der Waals surface area (Å²) in [6.45, 7) is 2.21. The lowest BCUT2D eigenvalue weighted by Crippen LogP contribution is -2.36. The molecule has 16 heavy (non-hydrogen) atoms. The molecule has 2 rings (SSSR count). The fourth-order valence-electron chi connectivity index (χ4n) is 2.14. The highest BCUT2D eigenvalue weighted by molar-refractivity contribution is 5.53. The predicted molar refractivity (Wildman–Crippen MR) is 64.1 cm³/mol. The van der Waals surface area contributed by atoms with Crippen LogP contribution in [0.3, 0.4) is 0 Å². The van der Waals surface area contributed by atoms with Crippen molar-refractivity contribution in [2.75, 3.05) is 30.0 Å². The molecule has 1 atom stereocenters. The first kappa shape index (κ1) is 11.2. The quantitative estimate of drug-likeness (QED) is 0.515. The molecule has 5 nitrogen and oxygen atoms in total. The van der Waals surface area contributed by atoms with Gasteiger partial charge in [-0.25, -0.2) is 10.8 Å². The first-order valence-corrected chi connectivity index (χ1v) is 5.62. The number of nitrogen functional groups attached to an aromatic ring is 1. The van der Waals surface area contributed by atoms with Crippen LogP contribution in [0.5, 0.6) is 0 Å². The van der Waals surface area contributed by atoms with E-state index >= 15 is 0 Å². The number of piperidine rings is 1. The van der Waals surface area contributed by atoms with Crippen molar-refractivity contribution in [1.82, 2.24) is 4.98 Å². The molecule has 1 aromatic heterocycles. The molecule has 5 heteroatoms. The third-order valence-corrected chi connectivity index (χ3v) is 3.03. The van der Waals surface area contributed by atoms with Gasteiger partial charge in [0.05, 0.1) is 0 Å². The standard InChI is InChI=1S/C11H18N4O/c12-14-11-6-10(3-4-13-11)15-5-1-2-9(7-15)8-16/h3-4,6,9,16H,1-2,5,7-8,12H2,(H,13,14). The Morgan fingerprint density at radius 2 is 2.50 bits per heavy atom. The maximum absolute atomic E-state index is 9.19. The molecular weight excluding hydrogens is 204 g/mol. The highest BCUT2D eigenvalue weighted by Crippen LogP contribution is 2.23. The van der Waals surface area contributed by atoms with E-state index in [2.05, 4.69) is 15.3 Å². The van der Waals surface area contributed by atoms with E-state index in [-0.39, 0.29) is 6.61 Å². The molecule has 1 saturated heterocycles. The van der Waals surface area contributed by atoms with Gasteiger partial charge in [0.1, 0.15) is 5.82 Å². The Morgan fingerprint density at radius 3 is 3.25 bits per heavy atom. The molecule has 0 spiro atoms. The summed E-state index contributed by atoms with van der Waals surface area (Å²) in [7, 11) is 0. The fourth-order valence-corrected chi connectivity index (χ4v) is 2.14. The number of hydrogen-bond donors (Lipinski definition) is 3. The van der Waals surface area contributed by atoms with Gasteiger partial charge in [-0.1, -0.05) is 0 Å². The molecule has 88 valence electrons. The van der Waals surface area contributed by atoms with Crippen LogP contribution in [0.25, 0.3) is 0 Å². The van der Waals surface area contributed by atoms with E-state index in [4.69, 9.17) is 5.84 Å². The van der Waals surface area contributed by atoms with Crippen molar-refractivity contribution in [3.05, 3.63) is 18.3 Å². The highest BCUT2D eigenvalue weighted by atomic mass is 16.3. The van der Waals surface area contributed by atoms with Crippen molar-refractivity contribution < 1.29 is 5.11 Å². The van der Waals surface area contributed by atoms with Crippen molar-refractivity contribution in [1.29, 1.82) is 0 Å². The molecule has 0 aliphatic carbocycles. The van der Waals surface area contributed by atoms with Gasteiger partial charge in [-0.3, -0.25) is 0 Å². The van der Waals surface area contributed by atoms with Crippen LogP contribution >= 0.6 is 0 Å². The zero-order valence-corrected chi connectivity index (χ0v) is 9.26. The maximum Gasteiger partial charge on any atom is 0.141 e. The van der Waals surface area contributed by atoms with Gasteiger partial charge in [0.25, 0.3) is 0 Å². The fraction of sp³-hybridized carbons (Fsp3) is 0.545. The van der Waals surface area contributed by atoms with Crippen molar-refractivity contribution in [2.24, 2.45) is 11.8 Å². The van der Waals surface area contributed by atoms with E-state index in [0.29, 0.717) is 11.7 Å². The molecule has 1 aliphatic heterocycles. The van der Waals surface area contributed by atoms with Crippen LogP contribution in [0.2, 0.25) is 0 Å². The van der Waals surface area contributed by atoms with Crippen LogP contribution in [0, 0.1) is 5.92 Å². The van der Waals surface area contributed by atoms with E-state index in [1.54, 1.807) is 6.20 Å². The number of pyridine rings is 1. The number of aromatic nitrogens is 1. The number of aliphatic hydroxyl groups is 1. The van der Waals surface area contributed by atoms with Crippen molar-refractivity contribution in [3.63, 3.8) is 0 Å². The zero-order valence-electron chi connectivity index (χ0n) is 9.26. The van der Waals surface area contributed by atoms with Crippen LogP contribution in [0.1, 0.15) is 12.8 Å². The first-order valence-electron chi connectivity index (χ1n) is 5.62. The minimum absolute atomic E-state index is 0.267. The molecule has 1 aromatic rings. The number of nitrogens with one attached hydrogen (secondary N) is 1. The number of nitrogens with two attached hydrogens (primary N) is 1. The highest BCUT2D eigenvalue weighted by Gasteiger charge is 2.19. The lowest BCUT2D eigenvalue weighted by atomic mass is 9.99. The average Bonchev–Trinajstić information content (AvgIpc) is 2.39. The van der Waals surface area contributed by atoms with E-state index in [1.165, 1.54) is 0 Å². The summed E-state index contributed by atoms with van der Waals surface area (Å²) in [4.78, 5) is 6.35. The molecule has 1 unspecified atom stereocenters. The second-order valence-corrected chi connectivity index (χ2v) is 4.18. The largest absolute Gasteiger partial charge is 0.396 e. The molecule has 1 fully saturated rings. The first-order chi connectivity index (χ1) is 7.83. The van der Waals surface area contributed by atoms with Gasteiger partial charge in [-0.05, 0) is 24.8 Å². The molecule has 0 bridgehead atoms. The second kappa shape index (κ2) is 5.14. The summed E-state index contributed by atoms with van der Waals surface area (Å²) >= 11 is 0. The summed E-state index contributed by atoms with van der Waals surface area (Å²) in [5, 5.41) is 9.19. The summed E-state index contributed by atoms with van der Waals surface area (Å²) in [6.07, 6.45) is 3.98. The number of aliphatic hydroxyl groups excluding tert-OH is 1. The lowest BCUT2D eigenvalue weighted by Gasteiger charge is -2.33. The van der Waals surface area contributed by atoms with Crippen molar-refractivity contribution in [3.8, 4) is 0 Å². The third-order valence-electron chi connectivity index (χ3n) is 3.03. The monoisotopic (exact) mass is 222 g/mol. The Labute approximate surface area is 95.2 Å². The Morgan fingerprint density at radius 1 is 1.62 bits per heavy atom. The van der Waals surface area contributed by atoms with Crippen LogP contribution < -0.4 is 16.2 Å². The van der Waals surface area contributed by atoms with Gasteiger partial charge >= 0.3 is 0 Å². The molecular formula is C11H18N4O. The van der Waals surface area contributed by atoms with Gasteiger partial charge in [0, 0.05) is 37.6 Å². The molecule has 0 aromatic carbocycles. The summed E-state index contributed by atoms with van der Waals surface area (Å²) < 4.78 is 0. The molecule has 0 amide bonds. The Kier molecular flexibility index (Phi) is 3.58. The number of anilines is 2. The van der Waals surface area contributed by atoms with Gasteiger partial charge in [-0.2, -0.15) is 0 Å². The van der Waals surface area contributed by atoms with Crippen LogP contribution in [-0.2, 0) is 0 Å². The molecule has 0 radical (unpaired) electrons.